The van der Waals surface area contributed by atoms with Crippen LogP contribution in [0.2, 0.25) is 0 Å². The van der Waals surface area contributed by atoms with Gasteiger partial charge in [0.2, 0.25) is 0 Å². The van der Waals surface area contributed by atoms with Crippen LogP contribution in [0.25, 0.3) is 0 Å². The number of thioether (sulfide) groups is 1. The SMILES string of the molecule is O=C1OC2(CC3SC2CC3OC(=O)C(F)(F)S(=O)(=O)[O-])Oc2cccc(I)c21. The lowest BCUT2D eigenvalue weighted by Crippen LogP contribution is -2.54. The highest BCUT2D eigenvalue weighted by molar-refractivity contribution is 14.1. The second-order valence-electron chi connectivity index (χ2n) is 6.43. The van der Waals surface area contributed by atoms with E-state index in [4.69, 9.17) is 9.47 Å². The van der Waals surface area contributed by atoms with Crippen LogP contribution in [0.1, 0.15) is 23.2 Å². The minimum absolute atomic E-state index is 0.00258. The Kier molecular flexibility index (Phi) is 4.60. The normalized spacial score (nSPS) is 31.3. The fourth-order valence-corrected chi connectivity index (χ4v) is 6.18. The first-order valence-electron chi connectivity index (χ1n) is 7.85. The highest BCUT2D eigenvalue weighted by atomic mass is 127. The number of carbonyl (C=O) groups is 2. The molecular formula is C15H10F2IO8S2-. The van der Waals surface area contributed by atoms with E-state index >= 15 is 0 Å². The molecule has 28 heavy (non-hydrogen) atoms. The van der Waals surface area contributed by atoms with Gasteiger partial charge < -0.3 is 18.8 Å². The van der Waals surface area contributed by atoms with Gasteiger partial charge in [0, 0.05) is 21.7 Å². The highest BCUT2D eigenvalue weighted by Gasteiger charge is 2.64. The fourth-order valence-electron chi connectivity index (χ4n) is 3.44. The zero-order chi connectivity index (χ0) is 20.5. The van der Waals surface area contributed by atoms with E-state index in [1.165, 1.54) is 11.8 Å². The number of hydrogen-bond acceptors (Lipinski definition) is 9. The number of rotatable bonds is 3. The Morgan fingerprint density at radius 3 is 2.71 bits per heavy atom. The summed E-state index contributed by atoms with van der Waals surface area (Å²) in [4.78, 5) is 23.9. The molecule has 0 amide bonds. The van der Waals surface area contributed by atoms with E-state index in [0.29, 0.717) is 14.9 Å². The maximum absolute atomic E-state index is 13.3. The van der Waals surface area contributed by atoms with Crippen molar-refractivity contribution in [3.05, 3.63) is 27.3 Å². The second-order valence-corrected chi connectivity index (χ2v) is 10.5. The largest absolute Gasteiger partial charge is 0.743 e. The molecule has 1 aromatic rings. The maximum atomic E-state index is 13.3. The molecule has 1 spiro atoms. The van der Waals surface area contributed by atoms with E-state index in [2.05, 4.69) is 4.74 Å². The number of carbonyl (C=O) groups excluding carboxylic acids is 2. The molecule has 0 aromatic heterocycles. The van der Waals surface area contributed by atoms with Gasteiger partial charge in [-0.3, -0.25) is 0 Å². The molecule has 2 bridgehead atoms. The maximum Gasteiger partial charge on any atom is 0.428 e. The van der Waals surface area contributed by atoms with E-state index in [-0.39, 0.29) is 12.8 Å². The average Bonchev–Trinajstić information content (AvgIpc) is 3.10. The standard InChI is InChI=1S/C15H11F2IO8S2/c16-15(17,28(21,22)23)13(20)24-8-4-10-14(5-9(8)27-10)25-7-3-1-2-6(18)11(7)12(19)26-14/h1-3,8-10H,4-5H2,(H,21,22,23)/p-1. The fraction of sp³-hybridized carbons (Fsp3) is 0.467. The van der Waals surface area contributed by atoms with Crippen molar-refractivity contribution in [2.24, 2.45) is 0 Å². The number of hydrogen-bond donors (Lipinski definition) is 0. The molecule has 152 valence electrons. The van der Waals surface area contributed by atoms with Crippen molar-refractivity contribution in [1.82, 2.24) is 0 Å². The van der Waals surface area contributed by atoms with Gasteiger partial charge in [0.25, 0.3) is 5.79 Å². The summed E-state index contributed by atoms with van der Waals surface area (Å²) in [5.41, 5.74) is 0.296. The monoisotopic (exact) mass is 547 g/mol. The summed E-state index contributed by atoms with van der Waals surface area (Å²) < 4.78 is 75.1. The van der Waals surface area contributed by atoms with Crippen LogP contribution in [-0.4, -0.2) is 52.6 Å². The van der Waals surface area contributed by atoms with Gasteiger partial charge in [-0.05, 0) is 34.7 Å². The van der Waals surface area contributed by atoms with E-state index in [9.17, 15) is 31.3 Å². The molecule has 4 rings (SSSR count). The van der Waals surface area contributed by atoms with Gasteiger partial charge in [0.05, 0.1) is 5.25 Å². The zero-order valence-electron chi connectivity index (χ0n) is 13.6. The Balaban J connectivity index is 1.51. The van der Waals surface area contributed by atoms with Crippen LogP contribution in [0.5, 0.6) is 5.75 Å². The first-order valence-corrected chi connectivity index (χ1v) is 11.3. The summed E-state index contributed by atoms with van der Waals surface area (Å²) in [7, 11) is -6.19. The average molecular weight is 547 g/mol. The number of esters is 2. The molecule has 2 saturated heterocycles. The van der Waals surface area contributed by atoms with Crippen LogP contribution in [0.3, 0.4) is 0 Å². The van der Waals surface area contributed by atoms with Gasteiger partial charge in [-0.15, -0.1) is 11.8 Å². The third-order valence-corrected chi connectivity index (χ3v) is 8.11. The van der Waals surface area contributed by atoms with Crippen molar-refractivity contribution < 1.29 is 45.6 Å². The molecule has 1 aromatic carbocycles. The first-order chi connectivity index (χ1) is 12.9. The van der Waals surface area contributed by atoms with Gasteiger partial charge in [-0.25, -0.2) is 18.0 Å². The Labute approximate surface area is 175 Å². The van der Waals surface area contributed by atoms with Crippen molar-refractivity contribution >= 4 is 56.4 Å². The summed E-state index contributed by atoms with van der Waals surface area (Å²) in [6.45, 7) is 0. The second kappa shape index (κ2) is 6.40. The van der Waals surface area contributed by atoms with Crippen LogP contribution in [0.4, 0.5) is 8.78 Å². The van der Waals surface area contributed by atoms with Crippen molar-refractivity contribution in [1.29, 1.82) is 0 Å². The van der Waals surface area contributed by atoms with Crippen LogP contribution < -0.4 is 4.74 Å². The predicted octanol–water partition coefficient (Wildman–Crippen LogP) is 1.86. The molecule has 4 atom stereocenters. The van der Waals surface area contributed by atoms with E-state index in [0.717, 1.165) is 0 Å². The van der Waals surface area contributed by atoms with Gasteiger partial charge in [-0.2, -0.15) is 8.78 Å². The molecule has 4 unspecified atom stereocenters. The van der Waals surface area contributed by atoms with Crippen LogP contribution in [0.15, 0.2) is 18.2 Å². The molecule has 8 nitrogen and oxygen atoms in total. The van der Waals surface area contributed by atoms with Crippen molar-refractivity contribution in [3.63, 3.8) is 0 Å². The van der Waals surface area contributed by atoms with Crippen LogP contribution in [0, 0.1) is 3.57 Å². The summed E-state index contributed by atoms with van der Waals surface area (Å²) in [6, 6.07) is 5.05. The molecule has 0 aliphatic carbocycles. The lowest BCUT2D eigenvalue weighted by atomic mass is 9.90. The summed E-state index contributed by atoms with van der Waals surface area (Å²) >= 11 is 3.21. The quantitative estimate of drug-likeness (QED) is 0.318. The van der Waals surface area contributed by atoms with E-state index < -0.39 is 49.7 Å². The lowest BCUT2D eigenvalue weighted by Gasteiger charge is -2.41. The van der Waals surface area contributed by atoms with Crippen molar-refractivity contribution in [2.45, 2.75) is 40.5 Å². The van der Waals surface area contributed by atoms with Gasteiger partial charge >= 0.3 is 17.2 Å². The third kappa shape index (κ3) is 2.97. The molecule has 3 aliphatic heterocycles. The number of halogens is 3. The lowest BCUT2D eigenvalue weighted by molar-refractivity contribution is -0.185. The van der Waals surface area contributed by atoms with E-state index in [1.54, 1.807) is 18.2 Å². The van der Waals surface area contributed by atoms with Crippen LogP contribution in [-0.2, 0) is 24.4 Å². The topological polar surface area (TPSA) is 119 Å². The predicted molar refractivity (Wildman–Crippen MR) is 96.9 cm³/mol. The molecule has 3 aliphatic rings. The molecule has 0 N–H and O–H groups in total. The summed E-state index contributed by atoms with van der Waals surface area (Å²) in [5, 5.41) is -6.24. The zero-order valence-corrected chi connectivity index (χ0v) is 17.4. The number of ether oxygens (including phenoxy) is 3. The Morgan fingerprint density at radius 1 is 1.39 bits per heavy atom. The van der Waals surface area contributed by atoms with Gasteiger partial charge in [0.1, 0.15) is 17.4 Å². The summed E-state index contributed by atoms with van der Waals surface area (Å²) in [5.74, 6) is -3.96. The molecule has 0 saturated carbocycles. The molecule has 0 radical (unpaired) electrons. The molecular weight excluding hydrogens is 537 g/mol. The highest BCUT2D eigenvalue weighted by Crippen LogP contribution is 2.56. The van der Waals surface area contributed by atoms with Crippen molar-refractivity contribution in [3.8, 4) is 5.75 Å². The van der Waals surface area contributed by atoms with E-state index in [1.807, 2.05) is 22.6 Å². The Hall–Kier alpha value is -1.19. The Bertz CT molecular complexity index is 984. The molecule has 13 heteroatoms. The van der Waals surface area contributed by atoms with Crippen molar-refractivity contribution in [2.75, 3.05) is 0 Å². The molecule has 2 fully saturated rings. The third-order valence-electron chi connectivity index (χ3n) is 4.71. The minimum Gasteiger partial charge on any atom is -0.743 e. The number of alkyl halides is 2. The van der Waals surface area contributed by atoms with Crippen LogP contribution >= 0.6 is 34.4 Å². The number of benzene rings is 1. The number of fused-ring (bicyclic) bond motifs is 4. The minimum atomic E-state index is -6.19. The smallest absolute Gasteiger partial charge is 0.428 e. The Morgan fingerprint density at radius 2 is 2.11 bits per heavy atom. The molecule has 3 heterocycles. The first kappa shape index (κ1) is 20.1. The van der Waals surface area contributed by atoms with Gasteiger partial charge in [0.15, 0.2) is 10.1 Å². The summed E-state index contributed by atoms with van der Waals surface area (Å²) in [6.07, 6.45) is -0.991. The van der Waals surface area contributed by atoms with Gasteiger partial charge in [-0.1, -0.05) is 6.07 Å².